The average Bonchev–Trinajstić information content (AvgIpc) is 2.61. The van der Waals surface area contributed by atoms with E-state index in [-0.39, 0.29) is 11.9 Å². The van der Waals surface area contributed by atoms with Gasteiger partial charge in [-0.15, -0.1) is 4.33 Å². The van der Waals surface area contributed by atoms with Crippen LogP contribution >= 0.6 is 12.2 Å². The van der Waals surface area contributed by atoms with Crippen molar-refractivity contribution in [3.63, 3.8) is 0 Å². The zero-order chi connectivity index (χ0) is 18.0. The van der Waals surface area contributed by atoms with Crippen LogP contribution in [0.15, 0.2) is 24.3 Å². The molecule has 138 valence electrons. The number of rotatable bonds is 5. The summed E-state index contributed by atoms with van der Waals surface area (Å²) in [6.07, 6.45) is 1.85. The first kappa shape index (κ1) is 18.6. The van der Waals surface area contributed by atoms with Crippen molar-refractivity contribution in [2.75, 3.05) is 13.1 Å². The molecule has 0 saturated carbocycles. The highest BCUT2D eigenvalue weighted by atomic mass is 32.2. The Morgan fingerprint density at radius 2 is 1.96 bits per heavy atom. The summed E-state index contributed by atoms with van der Waals surface area (Å²) < 4.78 is 4.63. The van der Waals surface area contributed by atoms with E-state index in [1.807, 2.05) is 29.2 Å². The Labute approximate surface area is 152 Å². The molecule has 1 atom stereocenters. The minimum atomic E-state index is -0.884. The third-order valence-electron chi connectivity index (χ3n) is 5.21. The number of carbonyl (C=O) groups is 1. The van der Waals surface area contributed by atoms with Crippen LogP contribution in [0.2, 0.25) is 0 Å². The summed E-state index contributed by atoms with van der Waals surface area (Å²) >= 11 is 0.347. The average molecular weight is 367 g/mol. The Morgan fingerprint density at radius 1 is 1.28 bits per heavy atom. The van der Waals surface area contributed by atoms with Crippen LogP contribution in [0.3, 0.4) is 0 Å². The van der Waals surface area contributed by atoms with Crippen LogP contribution < -0.4 is 0 Å². The summed E-state index contributed by atoms with van der Waals surface area (Å²) in [5, 5.41) is 18.8. The predicted molar refractivity (Wildman–Crippen MR) is 94.4 cm³/mol. The van der Waals surface area contributed by atoms with Gasteiger partial charge >= 0.3 is 0 Å². The summed E-state index contributed by atoms with van der Waals surface area (Å²) in [7, 11) is 0. The van der Waals surface area contributed by atoms with Gasteiger partial charge in [-0.25, -0.2) is 5.26 Å². The number of nitrogens with zero attached hydrogens (tertiary/aromatic N) is 3. The van der Waals surface area contributed by atoms with Crippen molar-refractivity contribution in [1.82, 2.24) is 14.3 Å². The van der Waals surface area contributed by atoms with Gasteiger partial charge in [0.05, 0.1) is 0 Å². The topological polar surface area (TPSA) is 76.5 Å². The fourth-order valence-corrected chi connectivity index (χ4v) is 4.17. The van der Waals surface area contributed by atoms with Crippen LogP contribution in [0.25, 0.3) is 0 Å². The van der Waals surface area contributed by atoms with Gasteiger partial charge in [-0.05, 0) is 37.8 Å². The molecule has 0 bridgehead atoms. The van der Waals surface area contributed by atoms with Crippen LogP contribution in [-0.2, 0) is 15.7 Å². The second-order valence-corrected chi connectivity index (χ2v) is 7.55. The molecule has 1 saturated heterocycles. The highest BCUT2D eigenvalue weighted by Gasteiger charge is 2.41. The summed E-state index contributed by atoms with van der Waals surface area (Å²) in [5.74, 6) is -0.159. The minimum absolute atomic E-state index is 0.159. The van der Waals surface area contributed by atoms with E-state index < -0.39 is 6.04 Å². The van der Waals surface area contributed by atoms with E-state index >= 15 is 0 Å². The first-order chi connectivity index (χ1) is 12.0. The van der Waals surface area contributed by atoms with Crippen molar-refractivity contribution in [2.45, 2.75) is 51.4 Å². The number of hydrogen-bond acceptors (Lipinski definition) is 7. The monoisotopic (exact) mass is 367 g/mol. The lowest BCUT2D eigenvalue weighted by molar-refractivity contribution is -0.159. The molecule has 1 amide bonds. The molecular formula is C17H25N3O4S. The number of benzene rings is 1. The summed E-state index contributed by atoms with van der Waals surface area (Å²) in [5.41, 5.74) is 1.76. The van der Waals surface area contributed by atoms with Crippen molar-refractivity contribution in [3.05, 3.63) is 35.4 Å². The molecular weight excluding hydrogens is 342 g/mol. The lowest BCUT2D eigenvalue weighted by atomic mass is 9.92. The molecule has 1 aromatic rings. The lowest BCUT2D eigenvalue weighted by Crippen LogP contribution is -2.52. The minimum Gasteiger partial charge on any atom is -0.334 e. The summed E-state index contributed by atoms with van der Waals surface area (Å²) in [6, 6.07) is 7.37. The molecule has 0 spiro atoms. The van der Waals surface area contributed by atoms with Crippen LogP contribution in [0, 0.1) is 0 Å². The second kappa shape index (κ2) is 8.03. The number of hydroxylamine groups is 1. The quantitative estimate of drug-likeness (QED) is 0.359. The van der Waals surface area contributed by atoms with Crippen LogP contribution in [0.4, 0.5) is 0 Å². The first-order valence-electron chi connectivity index (χ1n) is 8.61. The lowest BCUT2D eigenvalue weighted by Gasteiger charge is -2.44. The van der Waals surface area contributed by atoms with Gasteiger partial charge in [0.15, 0.2) is 6.04 Å². The Bertz CT molecular complexity index is 607. The molecule has 2 heterocycles. The standard InChI is InChI=1S/C17H25N3O4S/c1-12(2)18-9-7-14(8-10-18)19-11-13-5-3-4-6-15(13)16(17(19)21)20(22)25-24-23/h3-6,12,14,16,22-23H,7-11H2,1-2H3. The van der Waals surface area contributed by atoms with Crippen molar-refractivity contribution in [3.8, 4) is 0 Å². The van der Waals surface area contributed by atoms with Gasteiger partial charge < -0.3 is 15.0 Å². The van der Waals surface area contributed by atoms with E-state index in [0.717, 1.165) is 37.1 Å². The van der Waals surface area contributed by atoms with E-state index in [9.17, 15) is 10.0 Å². The maximum absolute atomic E-state index is 13.1. The van der Waals surface area contributed by atoms with Gasteiger partial charge in [0.25, 0.3) is 0 Å². The van der Waals surface area contributed by atoms with Gasteiger partial charge in [0.2, 0.25) is 5.91 Å². The number of hydrogen-bond donors (Lipinski definition) is 2. The van der Waals surface area contributed by atoms with E-state index in [1.54, 1.807) is 0 Å². The van der Waals surface area contributed by atoms with Crippen molar-refractivity contribution in [2.24, 2.45) is 0 Å². The maximum atomic E-state index is 13.1. The van der Waals surface area contributed by atoms with Crippen molar-refractivity contribution >= 4 is 18.1 Å². The number of likely N-dealkylation sites (tertiary alicyclic amines) is 1. The molecule has 1 unspecified atom stereocenters. The Hall–Kier alpha value is -1.16. The third-order valence-corrected chi connectivity index (χ3v) is 5.64. The molecule has 2 N–H and O–H groups in total. The van der Waals surface area contributed by atoms with Crippen LogP contribution in [0.1, 0.15) is 43.9 Å². The van der Waals surface area contributed by atoms with Gasteiger partial charge in [-0.1, -0.05) is 28.7 Å². The smallest absolute Gasteiger partial charge is 0.248 e. The van der Waals surface area contributed by atoms with Gasteiger partial charge in [0, 0.05) is 31.7 Å². The molecule has 7 nitrogen and oxygen atoms in total. The SMILES string of the molecule is CC(C)N1CCC(N2Cc3ccccc3C(N(O)SOO)C2=O)CC1. The summed E-state index contributed by atoms with van der Waals surface area (Å²) in [6.45, 7) is 6.87. The fraction of sp³-hybridized carbons (Fsp3) is 0.588. The van der Waals surface area contributed by atoms with Crippen molar-refractivity contribution in [1.29, 1.82) is 0 Å². The normalized spacial score (nSPS) is 22.7. The second-order valence-electron chi connectivity index (χ2n) is 6.88. The molecule has 1 aromatic carbocycles. The largest absolute Gasteiger partial charge is 0.334 e. The third kappa shape index (κ3) is 3.84. The number of piperidine rings is 1. The molecule has 25 heavy (non-hydrogen) atoms. The first-order valence-corrected chi connectivity index (χ1v) is 9.31. The van der Waals surface area contributed by atoms with E-state index in [1.165, 1.54) is 0 Å². The molecule has 0 aromatic heterocycles. The van der Waals surface area contributed by atoms with Gasteiger partial charge in [-0.2, -0.15) is 0 Å². The number of carbonyl (C=O) groups excluding carboxylic acids is 1. The summed E-state index contributed by atoms with van der Waals surface area (Å²) in [4.78, 5) is 17.4. The highest BCUT2D eigenvalue weighted by molar-refractivity contribution is 7.92. The Balaban J connectivity index is 1.81. The van der Waals surface area contributed by atoms with E-state index in [4.69, 9.17) is 5.26 Å². The molecule has 0 radical (unpaired) electrons. The Morgan fingerprint density at radius 3 is 2.60 bits per heavy atom. The zero-order valence-electron chi connectivity index (χ0n) is 14.5. The molecule has 2 aliphatic heterocycles. The molecule has 3 rings (SSSR count). The van der Waals surface area contributed by atoms with E-state index in [0.29, 0.717) is 29.3 Å². The number of fused-ring (bicyclic) bond motifs is 1. The number of amides is 1. The van der Waals surface area contributed by atoms with Gasteiger partial charge in [0.1, 0.15) is 12.2 Å². The van der Waals surface area contributed by atoms with Crippen LogP contribution in [-0.4, -0.2) is 55.8 Å². The van der Waals surface area contributed by atoms with Gasteiger partial charge in [-0.3, -0.25) is 4.79 Å². The highest BCUT2D eigenvalue weighted by Crippen LogP contribution is 2.36. The molecule has 1 fully saturated rings. The maximum Gasteiger partial charge on any atom is 0.248 e. The molecule has 8 heteroatoms. The molecule has 0 aliphatic carbocycles. The fourth-order valence-electron chi connectivity index (χ4n) is 3.81. The van der Waals surface area contributed by atoms with E-state index in [2.05, 4.69) is 23.1 Å². The molecule has 2 aliphatic rings. The van der Waals surface area contributed by atoms with Crippen LogP contribution in [0.5, 0.6) is 0 Å². The predicted octanol–water partition coefficient (Wildman–Crippen LogP) is 2.69. The zero-order valence-corrected chi connectivity index (χ0v) is 15.4. The van der Waals surface area contributed by atoms with Crippen molar-refractivity contribution < 1.29 is 19.6 Å². The Kier molecular flexibility index (Phi) is 5.98.